The van der Waals surface area contributed by atoms with E-state index < -0.39 is 4.92 Å². The molecule has 0 bridgehead atoms. The molecule has 0 fully saturated rings. The van der Waals surface area contributed by atoms with Crippen LogP contribution in [0.15, 0.2) is 34.5 Å². The summed E-state index contributed by atoms with van der Waals surface area (Å²) in [5, 5.41) is 18.1. The fraction of sp³-hybridized carbons (Fsp3) is 0.333. The molecule has 1 rings (SSSR count). The van der Waals surface area contributed by atoms with E-state index in [1.54, 1.807) is 12.1 Å². The van der Waals surface area contributed by atoms with Gasteiger partial charge in [0.2, 0.25) is 0 Å². The molecule has 0 saturated carbocycles. The lowest BCUT2D eigenvalue weighted by Gasteiger charge is -1.92. The molecule has 0 radical (unpaired) electrons. The van der Waals surface area contributed by atoms with Crippen molar-refractivity contribution in [2.24, 2.45) is 10.2 Å². The standard InChI is InChI=1S/C9H11N3O2/c1-2-6-10-11-8-4-3-5-9(7-8)12(13)14/h3-5,7H,2,6H2,1H3. The molecule has 5 nitrogen and oxygen atoms in total. The van der Waals surface area contributed by atoms with E-state index in [2.05, 4.69) is 10.2 Å². The van der Waals surface area contributed by atoms with Crippen LogP contribution in [0.25, 0.3) is 0 Å². The Balaban J connectivity index is 2.78. The summed E-state index contributed by atoms with van der Waals surface area (Å²) in [6.07, 6.45) is 0.915. The highest BCUT2D eigenvalue weighted by molar-refractivity contribution is 5.46. The molecule has 0 aliphatic heterocycles. The zero-order valence-electron chi connectivity index (χ0n) is 7.88. The summed E-state index contributed by atoms with van der Waals surface area (Å²) in [5.74, 6) is 0. The number of nitrogens with zero attached hydrogens (tertiary/aromatic N) is 3. The van der Waals surface area contributed by atoms with Crippen molar-refractivity contribution in [2.45, 2.75) is 13.3 Å². The maximum atomic E-state index is 10.4. The van der Waals surface area contributed by atoms with Crippen molar-refractivity contribution >= 4 is 11.4 Å². The molecule has 0 aliphatic carbocycles. The summed E-state index contributed by atoms with van der Waals surface area (Å²) < 4.78 is 0. The molecule has 1 aromatic carbocycles. The largest absolute Gasteiger partial charge is 0.271 e. The lowest BCUT2D eigenvalue weighted by molar-refractivity contribution is -0.384. The number of nitro benzene ring substituents is 1. The predicted molar refractivity (Wildman–Crippen MR) is 52.8 cm³/mol. The molecule has 74 valence electrons. The molecule has 14 heavy (non-hydrogen) atoms. The summed E-state index contributed by atoms with van der Waals surface area (Å²) in [5.41, 5.74) is 0.561. The second-order valence-electron chi connectivity index (χ2n) is 2.74. The number of rotatable bonds is 4. The third kappa shape index (κ3) is 2.93. The van der Waals surface area contributed by atoms with Crippen LogP contribution in [0, 0.1) is 10.1 Å². The van der Waals surface area contributed by atoms with E-state index in [4.69, 9.17) is 0 Å². The van der Waals surface area contributed by atoms with Gasteiger partial charge in [-0.25, -0.2) is 0 Å². The maximum absolute atomic E-state index is 10.4. The van der Waals surface area contributed by atoms with E-state index in [1.807, 2.05) is 6.92 Å². The molecule has 5 heteroatoms. The molecule has 0 aliphatic rings. The normalized spacial score (nSPS) is 10.6. The van der Waals surface area contributed by atoms with Gasteiger partial charge in [0.15, 0.2) is 0 Å². The first kappa shape index (κ1) is 10.3. The van der Waals surface area contributed by atoms with Crippen LogP contribution in [0.1, 0.15) is 13.3 Å². The minimum absolute atomic E-state index is 0.0398. The Hall–Kier alpha value is -1.78. The van der Waals surface area contributed by atoms with Gasteiger partial charge in [0.1, 0.15) is 0 Å². The van der Waals surface area contributed by atoms with Crippen LogP contribution >= 0.6 is 0 Å². The molecule has 0 spiro atoms. The van der Waals surface area contributed by atoms with Crippen LogP contribution < -0.4 is 0 Å². The van der Waals surface area contributed by atoms with E-state index in [0.717, 1.165) is 6.42 Å². The van der Waals surface area contributed by atoms with Crippen molar-refractivity contribution in [3.05, 3.63) is 34.4 Å². The van der Waals surface area contributed by atoms with E-state index in [9.17, 15) is 10.1 Å². The molecule has 0 N–H and O–H groups in total. The first-order valence-corrected chi connectivity index (χ1v) is 4.36. The lowest BCUT2D eigenvalue weighted by Crippen LogP contribution is -1.85. The van der Waals surface area contributed by atoms with Gasteiger partial charge in [-0.3, -0.25) is 10.1 Å². The van der Waals surface area contributed by atoms with Gasteiger partial charge >= 0.3 is 0 Å². The predicted octanol–water partition coefficient (Wildman–Crippen LogP) is 3.09. The minimum atomic E-state index is -0.446. The molecule has 0 saturated heterocycles. The number of azo groups is 1. The number of nitro groups is 1. The van der Waals surface area contributed by atoms with Gasteiger partial charge < -0.3 is 0 Å². The van der Waals surface area contributed by atoms with E-state index in [-0.39, 0.29) is 5.69 Å². The van der Waals surface area contributed by atoms with Gasteiger partial charge in [0.25, 0.3) is 5.69 Å². The number of hydrogen-bond donors (Lipinski definition) is 0. The van der Waals surface area contributed by atoms with Crippen molar-refractivity contribution in [3.8, 4) is 0 Å². The monoisotopic (exact) mass is 193 g/mol. The van der Waals surface area contributed by atoms with Gasteiger partial charge in [-0.15, -0.1) is 0 Å². The maximum Gasteiger partial charge on any atom is 0.271 e. The van der Waals surface area contributed by atoms with Crippen LogP contribution in [0.3, 0.4) is 0 Å². The Bertz CT molecular complexity index is 350. The van der Waals surface area contributed by atoms with Crippen LogP contribution in [0.2, 0.25) is 0 Å². The topological polar surface area (TPSA) is 67.9 Å². The summed E-state index contributed by atoms with van der Waals surface area (Å²) >= 11 is 0. The van der Waals surface area contributed by atoms with Crippen LogP contribution in [0.4, 0.5) is 11.4 Å². The van der Waals surface area contributed by atoms with Crippen LogP contribution in [0.5, 0.6) is 0 Å². The van der Waals surface area contributed by atoms with Crippen molar-refractivity contribution in [1.29, 1.82) is 0 Å². The Morgan fingerprint density at radius 3 is 2.93 bits per heavy atom. The summed E-state index contributed by atoms with van der Waals surface area (Å²) in [4.78, 5) is 9.97. The fourth-order valence-electron chi connectivity index (χ4n) is 0.900. The average Bonchev–Trinajstić information content (AvgIpc) is 2.19. The Labute approximate surface area is 81.6 Å². The SMILES string of the molecule is CCCN=Nc1cccc([N+](=O)[O-])c1. The van der Waals surface area contributed by atoms with Crippen molar-refractivity contribution in [3.63, 3.8) is 0 Å². The fourth-order valence-corrected chi connectivity index (χ4v) is 0.900. The van der Waals surface area contributed by atoms with E-state index in [0.29, 0.717) is 12.2 Å². The zero-order chi connectivity index (χ0) is 10.4. The summed E-state index contributed by atoms with van der Waals surface area (Å²) in [7, 11) is 0. The molecular formula is C9H11N3O2. The van der Waals surface area contributed by atoms with E-state index >= 15 is 0 Å². The van der Waals surface area contributed by atoms with Crippen molar-refractivity contribution < 1.29 is 4.92 Å². The van der Waals surface area contributed by atoms with E-state index in [1.165, 1.54) is 12.1 Å². The molecule has 0 atom stereocenters. The first-order chi connectivity index (χ1) is 6.74. The van der Waals surface area contributed by atoms with Gasteiger partial charge in [-0.05, 0) is 12.5 Å². The average molecular weight is 193 g/mol. The Morgan fingerprint density at radius 2 is 2.29 bits per heavy atom. The Kier molecular flexibility index (Phi) is 3.72. The molecule has 0 unspecified atom stereocenters. The molecule has 0 aromatic heterocycles. The quantitative estimate of drug-likeness (QED) is 0.419. The summed E-state index contributed by atoms with van der Waals surface area (Å²) in [6, 6.07) is 6.11. The lowest BCUT2D eigenvalue weighted by atomic mass is 10.3. The van der Waals surface area contributed by atoms with Gasteiger partial charge in [0, 0.05) is 12.1 Å². The van der Waals surface area contributed by atoms with Crippen LogP contribution in [-0.4, -0.2) is 11.5 Å². The highest BCUT2D eigenvalue weighted by atomic mass is 16.6. The second-order valence-corrected chi connectivity index (χ2v) is 2.74. The highest BCUT2D eigenvalue weighted by Gasteiger charge is 2.04. The third-order valence-electron chi connectivity index (χ3n) is 1.55. The third-order valence-corrected chi connectivity index (χ3v) is 1.55. The molecular weight excluding hydrogens is 182 g/mol. The van der Waals surface area contributed by atoms with Gasteiger partial charge in [-0.1, -0.05) is 13.0 Å². The number of hydrogen-bond acceptors (Lipinski definition) is 4. The first-order valence-electron chi connectivity index (χ1n) is 4.36. The molecule has 0 amide bonds. The minimum Gasteiger partial charge on any atom is -0.258 e. The smallest absolute Gasteiger partial charge is 0.258 e. The summed E-state index contributed by atoms with van der Waals surface area (Å²) in [6.45, 7) is 2.63. The highest BCUT2D eigenvalue weighted by Crippen LogP contribution is 2.19. The van der Waals surface area contributed by atoms with Crippen LogP contribution in [-0.2, 0) is 0 Å². The number of non-ortho nitro benzene ring substituents is 1. The molecule has 1 aromatic rings. The van der Waals surface area contributed by atoms with Gasteiger partial charge in [0.05, 0.1) is 17.2 Å². The second kappa shape index (κ2) is 5.06. The molecule has 0 heterocycles. The van der Waals surface area contributed by atoms with Crippen molar-refractivity contribution in [1.82, 2.24) is 0 Å². The Morgan fingerprint density at radius 1 is 1.50 bits per heavy atom. The number of benzene rings is 1. The zero-order valence-corrected chi connectivity index (χ0v) is 7.88. The van der Waals surface area contributed by atoms with Crippen molar-refractivity contribution in [2.75, 3.05) is 6.54 Å². The van der Waals surface area contributed by atoms with Gasteiger partial charge in [-0.2, -0.15) is 10.2 Å².